The second kappa shape index (κ2) is 6.66. The summed E-state index contributed by atoms with van der Waals surface area (Å²) >= 11 is 5.79. The van der Waals surface area contributed by atoms with E-state index in [1.807, 2.05) is 4.90 Å². The fourth-order valence-electron chi connectivity index (χ4n) is 3.07. The van der Waals surface area contributed by atoms with Crippen LogP contribution in [0.3, 0.4) is 0 Å². The van der Waals surface area contributed by atoms with Crippen LogP contribution < -0.4 is 16.2 Å². The Hall–Kier alpha value is -1.60. The first-order chi connectivity index (χ1) is 10.6. The maximum absolute atomic E-state index is 12.3. The van der Waals surface area contributed by atoms with Crippen LogP contribution in [-0.2, 0) is 4.79 Å². The Morgan fingerprint density at radius 2 is 2.14 bits per heavy atom. The molecular formula is C14H20ClN5O2. The third kappa shape index (κ3) is 3.41. The number of hydrogen-bond donors (Lipinski definition) is 3. The molecular weight excluding hydrogens is 306 g/mol. The van der Waals surface area contributed by atoms with E-state index in [1.165, 1.54) is 6.07 Å². The Kier molecular flexibility index (Phi) is 4.63. The highest BCUT2D eigenvalue weighted by Crippen LogP contribution is 2.18. The van der Waals surface area contributed by atoms with E-state index >= 15 is 0 Å². The van der Waals surface area contributed by atoms with Gasteiger partial charge in [-0.15, -0.1) is 0 Å². The van der Waals surface area contributed by atoms with Crippen LogP contribution >= 0.6 is 11.6 Å². The van der Waals surface area contributed by atoms with Gasteiger partial charge in [0.15, 0.2) is 5.15 Å². The van der Waals surface area contributed by atoms with Gasteiger partial charge in [0.05, 0.1) is 6.04 Å². The largest absolute Gasteiger partial charge is 0.378 e. The van der Waals surface area contributed by atoms with Crippen molar-refractivity contribution in [3.8, 4) is 0 Å². The molecule has 0 unspecified atom stereocenters. The van der Waals surface area contributed by atoms with Crippen LogP contribution in [-0.4, -0.2) is 52.7 Å². The second-order valence-electron chi connectivity index (χ2n) is 5.83. The number of H-pyrrole nitrogens is 1. The van der Waals surface area contributed by atoms with Crippen molar-refractivity contribution in [3.63, 3.8) is 0 Å². The van der Waals surface area contributed by atoms with E-state index in [-0.39, 0.29) is 28.7 Å². The van der Waals surface area contributed by atoms with Crippen molar-refractivity contribution < 1.29 is 4.79 Å². The molecule has 7 nitrogen and oxygen atoms in total. The SMILES string of the molecule is O=C([C@@H]1CCCN1)N1CCC(Nc2cc(Cl)n[nH]c2=O)CC1. The fraction of sp³-hybridized carbons (Fsp3) is 0.643. The van der Waals surface area contributed by atoms with Crippen molar-refractivity contribution in [2.24, 2.45) is 0 Å². The van der Waals surface area contributed by atoms with Gasteiger partial charge < -0.3 is 15.5 Å². The first-order valence-electron chi connectivity index (χ1n) is 7.67. The summed E-state index contributed by atoms with van der Waals surface area (Å²) in [6, 6.07) is 1.69. The van der Waals surface area contributed by atoms with E-state index in [0.717, 1.165) is 32.2 Å². The quantitative estimate of drug-likeness (QED) is 0.756. The maximum Gasteiger partial charge on any atom is 0.287 e. The van der Waals surface area contributed by atoms with Gasteiger partial charge in [0.2, 0.25) is 5.91 Å². The number of nitrogens with one attached hydrogen (secondary N) is 3. The number of piperidine rings is 1. The molecule has 3 rings (SSSR count). The lowest BCUT2D eigenvalue weighted by atomic mass is 10.0. The smallest absolute Gasteiger partial charge is 0.287 e. The highest BCUT2D eigenvalue weighted by atomic mass is 35.5. The third-order valence-corrected chi connectivity index (χ3v) is 4.49. The van der Waals surface area contributed by atoms with E-state index in [0.29, 0.717) is 18.8 Å². The van der Waals surface area contributed by atoms with Crippen LogP contribution in [0.5, 0.6) is 0 Å². The minimum Gasteiger partial charge on any atom is -0.378 e. The average Bonchev–Trinajstić information content (AvgIpc) is 3.05. The zero-order valence-corrected chi connectivity index (χ0v) is 13.0. The number of amides is 1. The first kappa shape index (κ1) is 15.3. The van der Waals surface area contributed by atoms with Crippen molar-refractivity contribution in [3.05, 3.63) is 21.6 Å². The lowest BCUT2D eigenvalue weighted by Gasteiger charge is -2.34. The molecule has 0 aliphatic carbocycles. The molecule has 1 atom stereocenters. The van der Waals surface area contributed by atoms with E-state index in [4.69, 9.17) is 11.6 Å². The highest BCUT2D eigenvalue weighted by Gasteiger charge is 2.29. The number of aromatic nitrogens is 2. The van der Waals surface area contributed by atoms with Gasteiger partial charge in [-0.2, -0.15) is 5.10 Å². The second-order valence-corrected chi connectivity index (χ2v) is 6.21. The molecule has 8 heteroatoms. The highest BCUT2D eigenvalue weighted by molar-refractivity contribution is 6.29. The van der Waals surface area contributed by atoms with Gasteiger partial charge in [-0.3, -0.25) is 9.59 Å². The molecule has 1 aromatic rings. The van der Waals surface area contributed by atoms with Crippen LogP contribution in [0.2, 0.25) is 5.15 Å². The maximum atomic E-state index is 12.3. The summed E-state index contributed by atoms with van der Waals surface area (Å²) in [4.78, 5) is 25.9. The van der Waals surface area contributed by atoms with E-state index in [1.54, 1.807) is 0 Å². The van der Waals surface area contributed by atoms with Gasteiger partial charge in [0.1, 0.15) is 5.69 Å². The van der Waals surface area contributed by atoms with E-state index < -0.39 is 0 Å². The summed E-state index contributed by atoms with van der Waals surface area (Å²) in [7, 11) is 0. The zero-order valence-electron chi connectivity index (χ0n) is 12.3. The van der Waals surface area contributed by atoms with Crippen molar-refractivity contribution in [1.29, 1.82) is 0 Å². The summed E-state index contributed by atoms with van der Waals surface area (Å²) in [5.74, 6) is 0.209. The van der Waals surface area contributed by atoms with Gasteiger partial charge in [-0.25, -0.2) is 5.10 Å². The number of likely N-dealkylation sites (tertiary alicyclic amines) is 1. The summed E-state index contributed by atoms with van der Waals surface area (Å²) in [5.41, 5.74) is 0.153. The number of nitrogens with zero attached hydrogens (tertiary/aromatic N) is 2. The molecule has 3 N–H and O–H groups in total. The molecule has 2 saturated heterocycles. The molecule has 0 radical (unpaired) electrons. The molecule has 0 saturated carbocycles. The standard InChI is InChI=1S/C14H20ClN5O2/c15-12-8-11(13(21)19-18-12)17-9-3-6-20(7-4-9)14(22)10-2-1-5-16-10/h8-10,16H,1-7H2,(H,17,18)(H,19,21)/t10-/m0/s1. The van der Waals surface area contributed by atoms with Gasteiger partial charge in [-0.1, -0.05) is 11.6 Å². The summed E-state index contributed by atoms with van der Waals surface area (Å²) in [5, 5.41) is 12.7. The summed E-state index contributed by atoms with van der Waals surface area (Å²) in [6.45, 7) is 2.36. The number of anilines is 1. The molecule has 0 spiro atoms. The van der Waals surface area contributed by atoms with Gasteiger partial charge in [0.25, 0.3) is 5.56 Å². The number of carbonyl (C=O) groups is 1. The topological polar surface area (TPSA) is 90.1 Å². The summed E-state index contributed by atoms with van der Waals surface area (Å²) in [6.07, 6.45) is 3.64. The third-order valence-electron chi connectivity index (χ3n) is 4.30. The number of aromatic amines is 1. The predicted octanol–water partition coefficient (Wildman–Crippen LogP) is 0.578. The first-order valence-corrected chi connectivity index (χ1v) is 8.05. The molecule has 3 heterocycles. The van der Waals surface area contributed by atoms with E-state index in [2.05, 4.69) is 20.8 Å². The Morgan fingerprint density at radius 3 is 2.82 bits per heavy atom. The molecule has 0 bridgehead atoms. The fourth-order valence-corrected chi connectivity index (χ4v) is 3.22. The van der Waals surface area contributed by atoms with Gasteiger partial charge >= 0.3 is 0 Å². The number of halogens is 1. The molecule has 2 fully saturated rings. The minimum atomic E-state index is -0.280. The number of rotatable bonds is 3. The van der Waals surface area contributed by atoms with Crippen LogP contribution in [0.4, 0.5) is 5.69 Å². The predicted molar refractivity (Wildman–Crippen MR) is 84.1 cm³/mol. The Balaban J connectivity index is 1.54. The molecule has 2 aliphatic heterocycles. The molecule has 2 aliphatic rings. The monoisotopic (exact) mass is 325 g/mol. The number of carbonyl (C=O) groups excluding carboxylic acids is 1. The van der Waals surface area contributed by atoms with E-state index in [9.17, 15) is 9.59 Å². The Morgan fingerprint density at radius 1 is 1.36 bits per heavy atom. The van der Waals surface area contributed by atoms with Crippen LogP contribution in [0.25, 0.3) is 0 Å². The lowest BCUT2D eigenvalue weighted by Crippen LogP contribution is -2.49. The van der Waals surface area contributed by atoms with Crippen LogP contribution in [0, 0.1) is 0 Å². The minimum absolute atomic E-state index is 0.00800. The van der Waals surface area contributed by atoms with Crippen molar-refractivity contribution in [2.45, 2.75) is 37.8 Å². The van der Waals surface area contributed by atoms with Crippen molar-refractivity contribution in [2.75, 3.05) is 25.0 Å². The van der Waals surface area contributed by atoms with Crippen LogP contribution in [0.1, 0.15) is 25.7 Å². The van der Waals surface area contributed by atoms with Crippen molar-refractivity contribution >= 4 is 23.2 Å². The summed E-state index contributed by atoms with van der Waals surface area (Å²) < 4.78 is 0. The number of hydrogen-bond acceptors (Lipinski definition) is 5. The molecule has 1 amide bonds. The molecule has 1 aromatic heterocycles. The Bertz CT molecular complexity index is 591. The lowest BCUT2D eigenvalue weighted by molar-refractivity contribution is -0.134. The van der Waals surface area contributed by atoms with Gasteiger partial charge in [0, 0.05) is 25.2 Å². The molecule has 120 valence electrons. The normalized spacial score (nSPS) is 22.8. The Labute approximate surface area is 133 Å². The molecule has 22 heavy (non-hydrogen) atoms. The zero-order chi connectivity index (χ0) is 15.5. The van der Waals surface area contributed by atoms with Gasteiger partial charge in [-0.05, 0) is 32.2 Å². The van der Waals surface area contributed by atoms with Crippen molar-refractivity contribution in [1.82, 2.24) is 20.4 Å². The molecule has 0 aromatic carbocycles. The van der Waals surface area contributed by atoms with Crippen LogP contribution in [0.15, 0.2) is 10.9 Å². The average molecular weight is 326 g/mol.